The average Bonchev–Trinajstić information content (AvgIpc) is 3.24. The molecule has 3 aromatic carbocycles. The molecule has 3 heterocycles. The number of imidazole rings is 1. The van der Waals surface area contributed by atoms with Crippen LogP contribution < -0.4 is 0 Å². The predicted octanol–water partition coefficient (Wildman–Crippen LogP) is 8.19. The molecule has 0 N–H and O–H groups in total. The first-order chi connectivity index (χ1) is 17.4. The Balaban J connectivity index is 0.000000195. The molecule has 0 unspecified atom stereocenters. The van der Waals surface area contributed by atoms with E-state index in [1.54, 1.807) is 0 Å². The van der Waals surface area contributed by atoms with Crippen LogP contribution in [-0.2, 0) is 26.7 Å². The van der Waals surface area contributed by atoms with Crippen LogP contribution in [0.15, 0.2) is 90.5 Å². The molecule has 1 aliphatic rings. The van der Waals surface area contributed by atoms with E-state index >= 15 is 0 Å². The van der Waals surface area contributed by atoms with Gasteiger partial charge in [-0.05, 0) is 42.1 Å². The molecule has 2 aromatic heterocycles. The summed E-state index contributed by atoms with van der Waals surface area (Å²) in [6, 6.07) is 34.8. The third-order valence-electron chi connectivity index (χ3n) is 6.10. The van der Waals surface area contributed by atoms with Crippen LogP contribution in [0.25, 0.3) is 39.8 Å². The van der Waals surface area contributed by atoms with Gasteiger partial charge in [0.2, 0.25) is 0 Å². The molecule has 37 heavy (non-hydrogen) atoms. The smallest absolute Gasteiger partial charge is 0.0777 e. The maximum absolute atomic E-state index is 4.88. The Labute approximate surface area is 233 Å². The third-order valence-corrected chi connectivity index (χ3v) is 6.10. The molecular weight excluding hydrogens is 631 g/mol. The molecule has 0 amide bonds. The first-order valence-electron chi connectivity index (χ1n) is 12.4. The minimum atomic E-state index is 0. The Hall–Kier alpha value is -3.33. The standard InChI is InChI=1S/C21H21N2.C12H10N.Ir/c1-21(2,3)13-15-12-17-10-7-11-18-19(17)23(14-15)20(22-18)16-8-5-4-6-9-16;1-10-6-5-9-12(13-10)11-7-3-2-4-8-11;/h4-8,10-12H,13-14H2,1-3H3;2-7,9H,1H3;/q2*-1;. The average molecular weight is 662 g/mol. The zero-order valence-corrected chi connectivity index (χ0v) is 24.1. The zero-order chi connectivity index (χ0) is 25.1. The van der Waals surface area contributed by atoms with Crippen LogP contribution in [0.4, 0.5) is 0 Å². The first kappa shape index (κ1) is 26.7. The Morgan fingerprint density at radius 3 is 2.16 bits per heavy atom. The van der Waals surface area contributed by atoms with Crippen LogP contribution in [-0.4, -0.2) is 14.5 Å². The number of pyridine rings is 1. The van der Waals surface area contributed by atoms with E-state index < -0.39 is 0 Å². The summed E-state index contributed by atoms with van der Waals surface area (Å²) < 4.78 is 2.36. The van der Waals surface area contributed by atoms with Crippen molar-refractivity contribution in [2.75, 3.05) is 0 Å². The first-order valence-corrected chi connectivity index (χ1v) is 12.4. The van der Waals surface area contributed by atoms with Crippen LogP contribution in [0.3, 0.4) is 0 Å². The molecular formula is C33H31IrN3-2. The van der Waals surface area contributed by atoms with Gasteiger partial charge in [0.15, 0.2) is 0 Å². The van der Waals surface area contributed by atoms with Gasteiger partial charge in [0.25, 0.3) is 0 Å². The van der Waals surface area contributed by atoms with E-state index in [0.29, 0.717) is 0 Å². The Bertz CT molecular complexity index is 1510. The van der Waals surface area contributed by atoms with Crippen LogP contribution in [0.5, 0.6) is 0 Å². The summed E-state index contributed by atoms with van der Waals surface area (Å²) in [6.45, 7) is 9.80. The van der Waals surface area contributed by atoms with Gasteiger partial charge in [-0.25, -0.2) is 0 Å². The molecule has 0 saturated heterocycles. The monoisotopic (exact) mass is 662 g/mol. The van der Waals surface area contributed by atoms with Crippen molar-refractivity contribution in [3.8, 4) is 22.6 Å². The number of para-hydroxylation sites is 1. The van der Waals surface area contributed by atoms with Gasteiger partial charge in [0.05, 0.1) is 16.9 Å². The maximum atomic E-state index is 4.88. The molecule has 0 atom stereocenters. The Morgan fingerprint density at radius 2 is 1.51 bits per heavy atom. The quantitative estimate of drug-likeness (QED) is 0.183. The molecule has 3 nitrogen and oxygen atoms in total. The van der Waals surface area contributed by atoms with Gasteiger partial charge in [-0.2, -0.15) is 0 Å². The summed E-state index contributed by atoms with van der Waals surface area (Å²) in [7, 11) is 0. The number of hydrogen-bond donors (Lipinski definition) is 0. The molecule has 1 aliphatic heterocycles. The number of rotatable bonds is 3. The van der Waals surface area contributed by atoms with Crippen LogP contribution >= 0.6 is 0 Å². The van der Waals surface area contributed by atoms with Gasteiger partial charge in [-0.3, -0.25) is 4.98 Å². The van der Waals surface area contributed by atoms with E-state index in [-0.39, 0.29) is 25.5 Å². The summed E-state index contributed by atoms with van der Waals surface area (Å²) in [4.78, 5) is 9.30. The SMILES string of the molecule is CC(C)(C)CC1=Cc2cccc3nc(-c4[c-]cccc4)n(c23)C1.Cc1cccc(-c2[c-]cccc2)n1.[Ir]. The molecule has 5 aromatic rings. The van der Waals surface area contributed by atoms with Crippen molar-refractivity contribution in [2.24, 2.45) is 5.41 Å². The molecule has 4 heteroatoms. The van der Waals surface area contributed by atoms with E-state index in [1.807, 2.05) is 67.6 Å². The van der Waals surface area contributed by atoms with Gasteiger partial charge in [0, 0.05) is 32.3 Å². The molecule has 0 fully saturated rings. The summed E-state index contributed by atoms with van der Waals surface area (Å²) in [5.41, 5.74) is 9.48. The van der Waals surface area contributed by atoms with Crippen LogP contribution in [0.2, 0.25) is 0 Å². The van der Waals surface area contributed by atoms with Crippen molar-refractivity contribution in [3.05, 3.63) is 114 Å². The minimum absolute atomic E-state index is 0. The van der Waals surface area contributed by atoms with Crippen molar-refractivity contribution in [2.45, 2.75) is 40.7 Å². The van der Waals surface area contributed by atoms with Gasteiger partial charge < -0.3 is 9.55 Å². The van der Waals surface area contributed by atoms with Crippen molar-refractivity contribution in [3.63, 3.8) is 0 Å². The molecule has 0 bridgehead atoms. The van der Waals surface area contributed by atoms with E-state index in [0.717, 1.165) is 46.8 Å². The molecule has 0 spiro atoms. The number of hydrogen-bond acceptors (Lipinski definition) is 2. The number of benzene rings is 3. The van der Waals surface area contributed by atoms with Crippen LogP contribution in [0.1, 0.15) is 38.4 Å². The van der Waals surface area contributed by atoms with Gasteiger partial charge in [-0.1, -0.05) is 56.7 Å². The fourth-order valence-electron chi connectivity index (χ4n) is 4.72. The molecule has 1 radical (unpaired) electrons. The van der Waals surface area contributed by atoms with E-state index in [2.05, 4.69) is 72.8 Å². The fraction of sp³-hybridized carbons (Fsp3) is 0.212. The van der Waals surface area contributed by atoms with Crippen molar-refractivity contribution < 1.29 is 20.1 Å². The Kier molecular flexibility index (Phi) is 8.22. The van der Waals surface area contributed by atoms with Crippen molar-refractivity contribution in [1.82, 2.24) is 14.5 Å². The summed E-state index contributed by atoms with van der Waals surface area (Å²) in [5.74, 6) is 1.02. The van der Waals surface area contributed by atoms with Gasteiger partial charge in [-0.15, -0.1) is 71.8 Å². The largest absolute Gasteiger partial charge is 0.360 e. The normalized spacial score (nSPS) is 12.3. The maximum Gasteiger partial charge on any atom is 0.0777 e. The zero-order valence-electron chi connectivity index (χ0n) is 21.7. The number of aryl methyl sites for hydroxylation is 1. The third kappa shape index (κ3) is 6.33. The second kappa shape index (κ2) is 11.4. The van der Waals surface area contributed by atoms with E-state index in [1.165, 1.54) is 16.7 Å². The molecule has 0 aliphatic carbocycles. The second-order valence-electron chi connectivity index (χ2n) is 10.5. The number of allylic oxidation sites excluding steroid dienone is 1. The Morgan fingerprint density at radius 1 is 0.811 bits per heavy atom. The number of aromatic nitrogens is 3. The van der Waals surface area contributed by atoms with Crippen LogP contribution in [0, 0.1) is 24.5 Å². The summed E-state index contributed by atoms with van der Waals surface area (Å²) in [5, 5.41) is 0. The number of nitrogens with zero attached hydrogens (tertiary/aromatic N) is 3. The minimum Gasteiger partial charge on any atom is -0.360 e. The molecule has 189 valence electrons. The van der Waals surface area contributed by atoms with Crippen molar-refractivity contribution in [1.29, 1.82) is 0 Å². The second-order valence-corrected chi connectivity index (χ2v) is 10.5. The predicted molar refractivity (Wildman–Crippen MR) is 149 cm³/mol. The topological polar surface area (TPSA) is 30.7 Å². The summed E-state index contributed by atoms with van der Waals surface area (Å²) >= 11 is 0. The van der Waals surface area contributed by atoms with Gasteiger partial charge >= 0.3 is 0 Å². The molecule has 6 rings (SSSR count). The fourth-order valence-corrected chi connectivity index (χ4v) is 4.72. The summed E-state index contributed by atoms with van der Waals surface area (Å²) in [6.07, 6.45) is 3.45. The molecule has 0 saturated carbocycles. The van der Waals surface area contributed by atoms with E-state index in [9.17, 15) is 0 Å². The van der Waals surface area contributed by atoms with E-state index in [4.69, 9.17) is 4.98 Å². The van der Waals surface area contributed by atoms with Crippen molar-refractivity contribution >= 4 is 17.1 Å². The van der Waals surface area contributed by atoms with Gasteiger partial charge in [0.1, 0.15) is 0 Å².